The van der Waals surface area contributed by atoms with E-state index in [9.17, 15) is 8.42 Å². The molecule has 0 aliphatic carbocycles. The van der Waals surface area contributed by atoms with Gasteiger partial charge in [0.05, 0.1) is 24.2 Å². The Bertz CT molecular complexity index is 750. The van der Waals surface area contributed by atoms with Crippen molar-refractivity contribution < 1.29 is 13.2 Å². The van der Waals surface area contributed by atoms with Gasteiger partial charge in [-0.2, -0.15) is 0 Å². The maximum Gasteiger partial charge on any atom is 0.238 e. The fraction of sp³-hybridized carbons (Fsp3) is 0.154. The average Bonchev–Trinajstić information content (AvgIpc) is 2.45. The Hall–Kier alpha value is -1.64. The maximum absolute atomic E-state index is 11.3. The van der Waals surface area contributed by atoms with Gasteiger partial charge >= 0.3 is 0 Å². The van der Waals surface area contributed by atoms with Crippen molar-refractivity contribution in [2.24, 2.45) is 5.14 Å². The Balaban J connectivity index is 2.13. The first kappa shape index (κ1) is 15.7. The van der Waals surface area contributed by atoms with Gasteiger partial charge in [0, 0.05) is 16.2 Å². The van der Waals surface area contributed by atoms with Gasteiger partial charge in [-0.1, -0.05) is 6.07 Å². The minimum Gasteiger partial charge on any atom is -0.481 e. The lowest BCUT2D eigenvalue weighted by atomic mass is 10.3. The molecule has 0 saturated heterocycles. The van der Waals surface area contributed by atoms with Crippen LogP contribution in [-0.4, -0.2) is 20.5 Å². The lowest BCUT2D eigenvalue weighted by molar-refractivity contribution is 0.396. The van der Waals surface area contributed by atoms with Crippen LogP contribution in [0.15, 0.2) is 45.8 Å². The molecule has 0 amide bonds. The van der Waals surface area contributed by atoms with Crippen molar-refractivity contribution in [3.05, 3.63) is 46.6 Å². The summed E-state index contributed by atoms with van der Waals surface area (Å²) in [6, 6.07) is 10.0. The smallest absolute Gasteiger partial charge is 0.238 e. The first-order chi connectivity index (χ1) is 9.90. The first-order valence-electron chi connectivity index (χ1n) is 5.96. The van der Waals surface area contributed by atoms with Gasteiger partial charge in [0.25, 0.3) is 0 Å². The second kappa shape index (κ2) is 6.42. The van der Waals surface area contributed by atoms with Crippen LogP contribution in [0.5, 0.6) is 5.88 Å². The van der Waals surface area contributed by atoms with Gasteiger partial charge in [-0.3, -0.25) is 0 Å². The van der Waals surface area contributed by atoms with E-state index in [1.807, 2.05) is 12.1 Å². The molecule has 0 aliphatic heterocycles. The number of aromatic nitrogens is 1. The lowest BCUT2D eigenvalue weighted by Gasteiger charge is -2.10. The van der Waals surface area contributed by atoms with E-state index in [1.54, 1.807) is 19.2 Å². The highest BCUT2D eigenvalue weighted by Gasteiger charge is 2.10. The van der Waals surface area contributed by atoms with Crippen LogP contribution in [-0.2, 0) is 16.6 Å². The minimum absolute atomic E-state index is 0.0550. The number of nitrogens with zero attached hydrogens (tertiary/aromatic N) is 1. The average molecular weight is 372 g/mol. The number of methoxy groups -OCH3 is 1. The van der Waals surface area contributed by atoms with Crippen LogP contribution in [0.4, 0.5) is 5.69 Å². The number of nitrogens with two attached hydrogens (primary N) is 1. The van der Waals surface area contributed by atoms with Crippen LogP contribution in [0.1, 0.15) is 5.69 Å². The molecular formula is C13H14BrN3O3S. The van der Waals surface area contributed by atoms with E-state index in [4.69, 9.17) is 9.88 Å². The van der Waals surface area contributed by atoms with E-state index in [0.29, 0.717) is 16.9 Å². The van der Waals surface area contributed by atoms with Gasteiger partial charge in [-0.05, 0) is 40.2 Å². The Labute approximate surface area is 131 Å². The molecule has 0 spiro atoms. The van der Waals surface area contributed by atoms with Crippen LogP contribution in [0.25, 0.3) is 0 Å². The molecule has 0 aliphatic rings. The molecular weight excluding hydrogens is 358 g/mol. The van der Waals surface area contributed by atoms with Crippen LogP contribution >= 0.6 is 15.9 Å². The molecule has 0 unspecified atom stereocenters. The molecule has 2 aromatic rings. The SMILES string of the molecule is COc1cccc(CNc2ccc(S(N)(=O)=O)cc2Br)n1. The summed E-state index contributed by atoms with van der Waals surface area (Å²) in [4.78, 5) is 4.33. The zero-order valence-corrected chi connectivity index (χ0v) is 13.6. The highest BCUT2D eigenvalue weighted by molar-refractivity contribution is 9.10. The third-order valence-electron chi connectivity index (χ3n) is 2.72. The molecule has 0 bridgehead atoms. The molecule has 3 N–H and O–H groups in total. The van der Waals surface area contributed by atoms with Crippen molar-refractivity contribution in [2.75, 3.05) is 12.4 Å². The zero-order valence-electron chi connectivity index (χ0n) is 11.2. The fourth-order valence-electron chi connectivity index (χ4n) is 1.67. The summed E-state index contributed by atoms with van der Waals surface area (Å²) in [6.07, 6.45) is 0. The molecule has 112 valence electrons. The number of halogens is 1. The number of rotatable bonds is 5. The summed E-state index contributed by atoms with van der Waals surface area (Å²) in [6.45, 7) is 0.477. The van der Waals surface area contributed by atoms with Crippen molar-refractivity contribution in [3.63, 3.8) is 0 Å². The van der Waals surface area contributed by atoms with E-state index in [1.165, 1.54) is 12.1 Å². The van der Waals surface area contributed by atoms with Gasteiger partial charge in [0.2, 0.25) is 15.9 Å². The molecule has 0 atom stereocenters. The molecule has 0 radical (unpaired) electrons. The molecule has 1 heterocycles. The fourth-order valence-corrected chi connectivity index (χ4v) is 2.88. The van der Waals surface area contributed by atoms with Gasteiger partial charge in [0.15, 0.2) is 0 Å². The predicted octanol–water partition coefficient (Wildman–Crippen LogP) is 2.11. The number of pyridine rings is 1. The lowest BCUT2D eigenvalue weighted by Crippen LogP contribution is -2.12. The summed E-state index contributed by atoms with van der Waals surface area (Å²) in [5, 5.41) is 8.24. The summed E-state index contributed by atoms with van der Waals surface area (Å²) in [5.41, 5.74) is 1.55. The normalized spacial score (nSPS) is 11.2. The molecule has 21 heavy (non-hydrogen) atoms. The maximum atomic E-state index is 11.3. The van der Waals surface area contributed by atoms with Crippen molar-refractivity contribution >= 4 is 31.6 Å². The number of primary sulfonamides is 1. The number of sulfonamides is 1. The van der Waals surface area contributed by atoms with E-state index in [-0.39, 0.29) is 4.90 Å². The Morgan fingerprint density at radius 2 is 2.10 bits per heavy atom. The van der Waals surface area contributed by atoms with E-state index in [2.05, 4.69) is 26.2 Å². The van der Waals surface area contributed by atoms with Crippen molar-refractivity contribution in [3.8, 4) is 5.88 Å². The Morgan fingerprint density at radius 3 is 2.71 bits per heavy atom. The second-order valence-electron chi connectivity index (χ2n) is 4.21. The van der Waals surface area contributed by atoms with Crippen LogP contribution in [0.2, 0.25) is 0 Å². The molecule has 6 nitrogen and oxygen atoms in total. The van der Waals surface area contributed by atoms with E-state index < -0.39 is 10.0 Å². The monoisotopic (exact) mass is 371 g/mol. The van der Waals surface area contributed by atoms with Crippen LogP contribution < -0.4 is 15.2 Å². The van der Waals surface area contributed by atoms with Crippen molar-refractivity contribution in [1.29, 1.82) is 0 Å². The molecule has 2 rings (SSSR count). The van der Waals surface area contributed by atoms with Crippen LogP contribution in [0.3, 0.4) is 0 Å². The van der Waals surface area contributed by atoms with Crippen molar-refractivity contribution in [2.45, 2.75) is 11.4 Å². The molecule has 8 heteroatoms. The molecule has 0 saturated carbocycles. The Kier molecular flexibility index (Phi) is 4.81. The Morgan fingerprint density at radius 1 is 1.33 bits per heavy atom. The quantitative estimate of drug-likeness (QED) is 0.839. The third kappa shape index (κ3) is 4.16. The number of benzene rings is 1. The van der Waals surface area contributed by atoms with Gasteiger partial charge in [0.1, 0.15) is 0 Å². The number of hydrogen-bond acceptors (Lipinski definition) is 5. The molecule has 1 aromatic carbocycles. The minimum atomic E-state index is -3.70. The predicted molar refractivity (Wildman–Crippen MR) is 83.6 cm³/mol. The summed E-state index contributed by atoms with van der Waals surface area (Å²) in [5.74, 6) is 0.540. The topological polar surface area (TPSA) is 94.3 Å². The summed E-state index contributed by atoms with van der Waals surface area (Å²) >= 11 is 3.31. The number of hydrogen-bond donors (Lipinski definition) is 2. The standard InChI is InChI=1S/C13H14BrN3O3S/c1-20-13-4-2-3-9(17-13)8-16-12-6-5-10(7-11(12)14)21(15,18)19/h2-7,16H,8H2,1H3,(H2,15,18,19). The zero-order chi connectivity index (χ0) is 15.5. The van der Waals surface area contributed by atoms with Gasteiger partial charge < -0.3 is 10.1 Å². The molecule has 0 fully saturated rings. The molecule has 1 aromatic heterocycles. The number of ether oxygens (including phenoxy) is 1. The number of anilines is 1. The van der Waals surface area contributed by atoms with Gasteiger partial charge in [-0.25, -0.2) is 18.5 Å². The van der Waals surface area contributed by atoms with Crippen molar-refractivity contribution in [1.82, 2.24) is 4.98 Å². The van der Waals surface area contributed by atoms with Gasteiger partial charge in [-0.15, -0.1) is 0 Å². The first-order valence-corrected chi connectivity index (χ1v) is 8.30. The van der Waals surface area contributed by atoms with E-state index >= 15 is 0 Å². The highest BCUT2D eigenvalue weighted by Crippen LogP contribution is 2.25. The van der Waals surface area contributed by atoms with E-state index in [0.717, 1.165) is 11.4 Å². The largest absolute Gasteiger partial charge is 0.481 e. The summed E-state index contributed by atoms with van der Waals surface area (Å²) in [7, 11) is -2.15. The second-order valence-corrected chi connectivity index (χ2v) is 6.63. The third-order valence-corrected chi connectivity index (χ3v) is 4.29. The van der Waals surface area contributed by atoms with Crippen LogP contribution in [0, 0.1) is 0 Å². The highest BCUT2D eigenvalue weighted by atomic mass is 79.9. The summed E-state index contributed by atoms with van der Waals surface area (Å²) < 4.78 is 28.2. The number of nitrogens with one attached hydrogen (secondary N) is 1.